The van der Waals surface area contributed by atoms with Gasteiger partial charge >= 0.3 is 5.97 Å². The van der Waals surface area contributed by atoms with Crippen LogP contribution in [0.2, 0.25) is 0 Å². The molecule has 1 aromatic rings. The molecule has 0 heterocycles. The van der Waals surface area contributed by atoms with Gasteiger partial charge in [-0.25, -0.2) is 22.0 Å². The number of aliphatic hydroxyl groups excluding tert-OH is 1. The van der Waals surface area contributed by atoms with Crippen LogP contribution in [0.25, 0.3) is 0 Å². The molecule has 0 amide bonds. The van der Waals surface area contributed by atoms with E-state index >= 15 is 0 Å². The van der Waals surface area contributed by atoms with Crippen molar-refractivity contribution in [3.8, 4) is 0 Å². The number of hydrogen-bond donors (Lipinski definition) is 2. The Morgan fingerprint density at radius 1 is 1.33 bits per heavy atom. The Morgan fingerprint density at radius 2 is 1.95 bits per heavy atom. The minimum Gasteiger partial charge on any atom is -0.477 e. The zero-order chi connectivity index (χ0) is 16.2. The molecular formula is C12H15F2NO5S. The fourth-order valence-electron chi connectivity index (χ4n) is 1.76. The molecule has 0 saturated carbocycles. The number of aliphatic hydroxyl groups is 1. The van der Waals surface area contributed by atoms with Crippen LogP contribution in [0.4, 0.5) is 8.78 Å². The van der Waals surface area contributed by atoms with Crippen molar-refractivity contribution < 1.29 is 32.2 Å². The van der Waals surface area contributed by atoms with Crippen LogP contribution in [0, 0.1) is 11.6 Å². The first-order valence-electron chi connectivity index (χ1n) is 6.09. The van der Waals surface area contributed by atoms with E-state index < -0.39 is 38.1 Å². The largest absolute Gasteiger partial charge is 0.477 e. The summed E-state index contributed by atoms with van der Waals surface area (Å²) < 4.78 is 52.7. The fraction of sp³-hybridized carbons (Fsp3) is 0.417. The third-order valence-corrected chi connectivity index (χ3v) is 4.80. The maximum Gasteiger partial charge on any atom is 0.341 e. The number of nitrogens with zero attached hydrogens (tertiary/aromatic N) is 1. The molecule has 0 radical (unpaired) electrons. The average molecular weight is 323 g/mol. The number of aromatic carboxylic acids is 1. The second-order valence-electron chi connectivity index (χ2n) is 4.11. The molecular weight excluding hydrogens is 308 g/mol. The van der Waals surface area contributed by atoms with Crippen LogP contribution in [0.15, 0.2) is 17.0 Å². The van der Waals surface area contributed by atoms with E-state index in [0.717, 1.165) is 4.31 Å². The van der Waals surface area contributed by atoms with Crippen molar-refractivity contribution in [3.05, 3.63) is 29.3 Å². The SMILES string of the molecule is CCN(CCCO)S(=O)(=O)c1ccc(F)c(C(=O)O)c1F. The van der Waals surface area contributed by atoms with E-state index in [1.165, 1.54) is 6.92 Å². The molecule has 0 aromatic heterocycles. The van der Waals surface area contributed by atoms with Crippen LogP contribution in [0.5, 0.6) is 0 Å². The van der Waals surface area contributed by atoms with Crippen molar-refractivity contribution in [2.75, 3.05) is 19.7 Å². The third kappa shape index (κ3) is 3.55. The molecule has 0 atom stereocenters. The standard InChI is InChI=1S/C12H15F2NO5S/c1-2-15(6-3-7-16)21(19,20)9-5-4-8(13)10(11(9)14)12(17)18/h4-5,16H,2-3,6-7H2,1H3,(H,17,18). The zero-order valence-electron chi connectivity index (χ0n) is 11.2. The predicted octanol–water partition coefficient (Wildman–Crippen LogP) is 1.06. The summed E-state index contributed by atoms with van der Waals surface area (Å²) in [5.74, 6) is -4.87. The van der Waals surface area contributed by atoms with Gasteiger partial charge in [0.15, 0.2) is 5.82 Å². The van der Waals surface area contributed by atoms with Crippen LogP contribution < -0.4 is 0 Å². The summed E-state index contributed by atoms with van der Waals surface area (Å²) in [6.45, 7) is 1.20. The van der Waals surface area contributed by atoms with Crippen molar-refractivity contribution >= 4 is 16.0 Å². The Kier molecular flexibility index (Phi) is 5.76. The predicted molar refractivity (Wildman–Crippen MR) is 69.5 cm³/mol. The highest BCUT2D eigenvalue weighted by Gasteiger charge is 2.30. The van der Waals surface area contributed by atoms with E-state index in [1.54, 1.807) is 0 Å². The molecule has 9 heteroatoms. The van der Waals surface area contributed by atoms with Gasteiger partial charge in [-0.2, -0.15) is 4.31 Å². The lowest BCUT2D eigenvalue weighted by atomic mass is 10.2. The number of halogens is 2. The molecule has 118 valence electrons. The smallest absolute Gasteiger partial charge is 0.341 e. The average Bonchev–Trinajstić information content (AvgIpc) is 2.38. The topological polar surface area (TPSA) is 94.9 Å². The van der Waals surface area contributed by atoms with E-state index in [-0.39, 0.29) is 26.1 Å². The van der Waals surface area contributed by atoms with E-state index in [1.807, 2.05) is 0 Å². The van der Waals surface area contributed by atoms with E-state index in [9.17, 15) is 22.0 Å². The summed E-state index contributed by atoms with van der Waals surface area (Å²) in [6, 6.07) is 1.29. The Bertz CT molecular complexity index is 633. The molecule has 0 aliphatic carbocycles. The summed E-state index contributed by atoms with van der Waals surface area (Å²) >= 11 is 0. The normalized spacial score (nSPS) is 11.9. The van der Waals surface area contributed by atoms with Gasteiger partial charge in [0.1, 0.15) is 16.3 Å². The van der Waals surface area contributed by atoms with Gasteiger partial charge in [-0.15, -0.1) is 0 Å². The molecule has 0 unspecified atom stereocenters. The van der Waals surface area contributed by atoms with Crippen molar-refractivity contribution in [3.63, 3.8) is 0 Å². The number of carboxylic acids is 1. The summed E-state index contributed by atoms with van der Waals surface area (Å²) in [5, 5.41) is 17.5. The van der Waals surface area contributed by atoms with Crippen molar-refractivity contribution in [2.45, 2.75) is 18.2 Å². The molecule has 0 spiro atoms. The quantitative estimate of drug-likeness (QED) is 0.782. The third-order valence-electron chi connectivity index (χ3n) is 2.81. The second kappa shape index (κ2) is 6.92. The van der Waals surface area contributed by atoms with Gasteiger partial charge in [-0.05, 0) is 18.6 Å². The highest BCUT2D eigenvalue weighted by molar-refractivity contribution is 7.89. The maximum absolute atomic E-state index is 14.0. The van der Waals surface area contributed by atoms with Gasteiger partial charge in [-0.3, -0.25) is 0 Å². The lowest BCUT2D eigenvalue weighted by molar-refractivity contribution is 0.0685. The lowest BCUT2D eigenvalue weighted by Crippen LogP contribution is -2.33. The van der Waals surface area contributed by atoms with Crippen LogP contribution in [0.3, 0.4) is 0 Å². The van der Waals surface area contributed by atoms with Gasteiger partial charge in [-0.1, -0.05) is 6.92 Å². The number of hydrogen-bond acceptors (Lipinski definition) is 4. The van der Waals surface area contributed by atoms with Gasteiger partial charge in [0.25, 0.3) is 0 Å². The summed E-state index contributed by atoms with van der Waals surface area (Å²) in [7, 11) is -4.31. The van der Waals surface area contributed by atoms with Gasteiger partial charge in [0.2, 0.25) is 10.0 Å². The van der Waals surface area contributed by atoms with E-state index in [4.69, 9.17) is 10.2 Å². The van der Waals surface area contributed by atoms with Gasteiger partial charge in [0.05, 0.1) is 0 Å². The van der Waals surface area contributed by atoms with Crippen LogP contribution in [-0.4, -0.2) is 48.6 Å². The van der Waals surface area contributed by atoms with Crippen LogP contribution >= 0.6 is 0 Å². The molecule has 0 fully saturated rings. The summed E-state index contributed by atoms with van der Waals surface area (Å²) in [6.07, 6.45) is 0.141. The lowest BCUT2D eigenvalue weighted by Gasteiger charge is -2.20. The first-order valence-corrected chi connectivity index (χ1v) is 7.53. The van der Waals surface area contributed by atoms with Gasteiger partial charge in [0, 0.05) is 19.7 Å². The van der Waals surface area contributed by atoms with Crippen LogP contribution in [-0.2, 0) is 10.0 Å². The minimum absolute atomic E-state index is 0.00154. The zero-order valence-corrected chi connectivity index (χ0v) is 12.0. The van der Waals surface area contributed by atoms with Crippen molar-refractivity contribution in [1.29, 1.82) is 0 Å². The van der Waals surface area contributed by atoms with E-state index in [2.05, 4.69) is 0 Å². The first-order chi connectivity index (χ1) is 9.77. The maximum atomic E-state index is 14.0. The highest BCUT2D eigenvalue weighted by Crippen LogP contribution is 2.24. The Morgan fingerprint density at radius 3 is 2.43 bits per heavy atom. The number of carbonyl (C=O) groups is 1. The molecule has 21 heavy (non-hydrogen) atoms. The molecule has 1 rings (SSSR count). The van der Waals surface area contributed by atoms with Crippen LogP contribution in [0.1, 0.15) is 23.7 Å². The monoisotopic (exact) mass is 323 g/mol. The highest BCUT2D eigenvalue weighted by atomic mass is 32.2. The number of sulfonamides is 1. The summed E-state index contributed by atoms with van der Waals surface area (Å²) in [5.41, 5.74) is -1.31. The molecule has 6 nitrogen and oxygen atoms in total. The minimum atomic E-state index is -4.31. The Labute approximate surface area is 120 Å². The Balaban J connectivity index is 3.38. The number of carboxylic acid groups (broad SMARTS) is 1. The van der Waals surface area contributed by atoms with Crippen molar-refractivity contribution in [2.24, 2.45) is 0 Å². The number of benzene rings is 1. The molecule has 2 N–H and O–H groups in total. The van der Waals surface area contributed by atoms with E-state index in [0.29, 0.717) is 12.1 Å². The molecule has 0 aliphatic rings. The molecule has 0 saturated heterocycles. The Hall–Kier alpha value is -1.58. The van der Waals surface area contributed by atoms with Crippen molar-refractivity contribution in [1.82, 2.24) is 4.31 Å². The molecule has 1 aromatic carbocycles. The number of rotatable bonds is 7. The molecule has 0 aliphatic heterocycles. The second-order valence-corrected chi connectivity index (χ2v) is 6.02. The fourth-order valence-corrected chi connectivity index (χ4v) is 3.32. The summed E-state index contributed by atoms with van der Waals surface area (Å²) in [4.78, 5) is 9.91. The first kappa shape index (κ1) is 17.5. The van der Waals surface area contributed by atoms with Gasteiger partial charge < -0.3 is 10.2 Å². The molecule has 0 bridgehead atoms.